The van der Waals surface area contributed by atoms with E-state index < -0.39 is 10.2 Å². The quantitative estimate of drug-likeness (QED) is 0.606. The standard InChI is InChI=1S/C15H33N3O2S/c1-4-11-16-12-8-13-18(3)21(19,20)17-14(2)15-9-6-5-7-10-15/h14-17H,4-13H2,1-3H3. The number of rotatable bonds is 10. The Morgan fingerprint density at radius 1 is 1.19 bits per heavy atom. The number of nitrogens with one attached hydrogen (secondary N) is 2. The number of hydrogen-bond acceptors (Lipinski definition) is 3. The van der Waals surface area contributed by atoms with Crippen molar-refractivity contribution < 1.29 is 8.42 Å². The molecule has 1 fully saturated rings. The summed E-state index contributed by atoms with van der Waals surface area (Å²) in [6.45, 7) is 6.55. The molecule has 1 aliphatic carbocycles. The molecule has 0 aromatic carbocycles. The minimum Gasteiger partial charge on any atom is -0.317 e. The van der Waals surface area contributed by atoms with Gasteiger partial charge < -0.3 is 5.32 Å². The first-order chi connectivity index (χ1) is 9.97. The second kappa shape index (κ2) is 9.77. The lowest BCUT2D eigenvalue weighted by Gasteiger charge is -2.29. The van der Waals surface area contributed by atoms with Crippen LogP contribution in [0.15, 0.2) is 0 Å². The predicted molar refractivity (Wildman–Crippen MR) is 88.5 cm³/mol. The zero-order valence-corrected chi connectivity index (χ0v) is 14.7. The average molecular weight is 320 g/mol. The van der Waals surface area contributed by atoms with Crippen LogP contribution in [0.5, 0.6) is 0 Å². The van der Waals surface area contributed by atoms with Crippen molar-refractivity contribution in [3.05, 3.63) is 0 Å². The lowest BCUT2D eigenvalue weighted by molar-refractivity contribution is 0.298. The number of nitrogens with zero attached hydrogens (tertiary/aromatic N) is 1. The molecule has 0 heterocycles. The fourth-order valence-corrected chi connectivity index (χ4v) is 4.12. The van der Waals surface area contributed by atoms with E-state index in [2.05, 4.69) is 17.0 Å². The average Bonchev–Trinajstić information content (AvgIpc) is 2.47. The van der Waals surface area contributed by atoms with E-state index in [0.717, 1.165) is 38.8 Å². The van der Waals surface area contributed by atoms with E-state index in [1.807, 2.05) is 6.92 Å². The van der Waals surface area contributed by atoms with Crippen LogP contribution < -0.4 is 10.0 Å². The van der Waals surface area contributed by atoms with Crippen molar-refractivity contribution in [3.63, 3.8) is 0 Å². The smallest absolute Gasteiger partial charge is 0.279 e. The van der Waals surface area contributed by atoms with Crippen LogP contribution in [-0.2, 0) is 10.2 Å². The van der Waals surface area contributed by atoms with E-state index in [0.29, 0.717) is 12.5 Å². The molecule has 1 saturated carbocycles. The van der Waals surface area contributed by atoms with Crippen LogP contribution in [-0.4, -0.2) is 45.4 Å². The Bertz CT molecular complexity index is 367. The molecule has 5 nitrogen and oxygen atoms in total. The molecule has 1 unspecified atom stereocenters. The van der Waals surface area contributed by atoms with E-state index in [-0.39, 0.29) is 6.04 Å². The van der Waals surface area contributed by atoms with Gasteiger partial charge in [0, 0.05) is 19.6 Å². The maximum atomic E-state index is 12.3. The first-order valence-corrected chi connectivity index (χ1v) is 9.85. The first-order valence-electron chi connectivity index (χ1n) is 8.41. The van der Waals surface area contributed by atoms with E-state index >= 15 is 0 Å². The topological polar surface area (TPSA) is 61.4 Å². The lowest BCUT2D eigenvalue weighted by Crippen LogP contribution is -2.46. The molecule has 0 saturated heterocycles. The summed E-state index contributed by atoms with van der Waals surface area (Å²) in [5.41, 5.74) is 0. The monoisotopic (exact) mass is 319 g/mol. The van der Waals surface area contributed by atoms with Crippen molar-refractivity contribution in [2.75, 3.05) is 26.7 Å². The van der Waals surface area contributed by atoms with Crippen molar-refractivity contribution >= 4 is 10.2 Å². The van der Waals surface area contributed by atoms with Gasteiger partial charge in [0.15, 0.2) is 0 Å². The highest BCUT2D eigenvalue weighted by molar-refractivity contribution is 7.87. The first kappa shape index (κ1) is 18.9. The van der Waals surface area contributed by atoms with Crippen molar-refractivity contribution in [2.24, 2.45) is 5.92 Å². The Balaban J connectivity index is 2.33. The van der Waals surface area contributed by atoms with Gasteiger partial charge in [0.2, 0.25) is 0 Å². The SMILES string of the molecule is CCCNCCCN(C)S(=O)(=O)NC(C)C1CCCCC1. The molecule has 21 heavy (non-hydrogen) atoms. The summed E-state index contributed by atoms with van der Waals surface area (Å²) in [5, 5.41) is 3.29. The predicted octanol–water partition coefficient (Wildman–Crippen LogP) is 2.11. The molecule has 0 aliphatic heterocycles. The van der Waals surface area contributed by atoms with Crippen LogP contribution in [0.3, 0.4) is 0 Å². The van der Waals surface area contributed by atoms with Crippen LogP contribution in [0.2, 0.25) is 0 Å². The Hall–Kier alpha value is -0.170. The van der Waals surface area contributed by atoms with Gasteiger partial charge in [-0.3, -0.25) is 0 Å². The van der Waals surface area contributed by atoms with E-state index in [9.17, 15) is 8.42 Å². The fourth-order valence-electron chi connectivity index (χ4n) is 2.90. The molecule has 0 radical (unpaired) electrons. The molecule has 2 N–H and O–H groups in total. The van der Waals surface area contributed by atoms with Crippen molar-refractivity contribution in [3.8, 4) is 0 Å². The maximum Gasteiger partial charge on any atom is 0.279 e. The van der Waals surface area contributed by atoms with E-state index in [1.165, 1.54) is 23.6 Å². The van der Waals surface area contributed by atoms with Gasteiger partial charge in [-0.15, -0.1) is 0 Å². The van der Waals surface area contributed by atoms with Crippen molar-refractivity contribution in [2.45, 2.75) is 64.8 Å². The molecule has 0 aromatic rings. The summed E-state index contributed by atoms with van der Waals surface area (Å²) in [4.78, 5) is 0. The van der Waals surface area contributed by atoms with Gasteiger partial charge in [-0.25, -0.2) is 0 Å². The zero-order valence-electron chi connectivity index (χ0n) is 13.9. The summed E-state index contributed by atoms with van der Waals surface area (Å²) in [5.74, 6) is 0.494. The van der Waals surface area contributed by atoms with Crippen LogP contribution in [0.1, 0.15) is 58.8 Å². The summed E-state index contributed by atoms with van der Waals surface area (Å²) in [6, 6.07) is 0.0379. The molecule has 0 bridgehead atoms. The minimum atomic E-state index is -3.35. The molecule has 1 aliphatic rings. The molecule has 0 aromatic heterocycles. The van der Waals surface area contributed by atoms with Gasteiger partial charge in [-0.2, -0.15) is 17.4 Å². The third-order valence-corrected chi connectivity index (χ3v) is 6.03. The highest BCUT2D eigenvalue weighted by atomic mass is 32.2. The third kappa shape index (κ3) is 7.08. The molecule has 0 amide bonds. The van der Waals surface area contributed by atoms with Gasteiger partial charge in [-0.1, -0.05) is 26.2 Å². The summed E-state index contributed by atoms with van der Waals surface area (Å²) < 4.78 is 28.9. The number of hydrogen-bond donors (Lipinski definition) is 2. The molecule has 1 rings (SSSR count). The summed E-state index contributed by atoms with van der Waals surface area (Å²) in [7, 11) is -1.68. The van der Waals surface area contributed by atoms with E-state index in [4.69, 9.17) is 0 Å². The minimum absolute atomic E-state index is 0.0379. The van der Waals surface area contributed by atoms with Crippen molar-refractivity contribution in [1.29, 1.82) is 0 Å². The van der Waals surface area contributed by atoms with Gasteiger partial charge in [0.1, 0.15) is 0 Å². The highest BCUT2D eigenvalue weighted by Gasteiger charge is 2.26. The lowest BCUT2D eigenvalue weighted by atomic mass is 9.85. The second-order valence-corrected chi connectivity index (χ2v) is 8.04. The van der Waals surface area contributed by atoms with Crippen molar-refractivity contribution in [1.82, 2.24) is 14.3 Å². The Labute approximate surface area is 131 Å². The fraction of sp³-hybridized carbons (Fsp3) is 1.00. The van der Waals surface area contributed by atoms with Crippen LogP contribution >= 0.6 is 0 Å². The maximum absolute atomic E-state index is 12.3. The van der Waals surface area contributed by atoms with E-state index in [1.54, 1.807) is 7.05 Å². The summed E-state index contributed by atoms with van der Waals surface area (Å²) in [6.07, 6.45) is 8.00. The van der Waals surface area contributed by atoms with Crippen LogP contribution in [0.25, 0.3) is 0 Å². The molecule has 1 atom stereocenters. The van der Waals surface area contributed by atoms with Crippen LogP contribution in [0.4, 0.5) is 0 Å². The van der Waals surface area contributed by atoms with Crippen LogP contribution in [0, 0.1) is 5.92 Å². The normalized spacial score (nSPS) is 19.0. The Kier molecular flexibility index (Phi) is 8.78. The second-order valence-electron chi connectivity index (χ2n) is 6.23. The van der Waals surface area contributed by atoms with Gasteiger partial charge in [0.25, 0.3) is 10.2 Å². The van der Waals surface area contributed by atoms with Gasteiger partial charge in [0.05, 0.1) is 0 Å². The Morgan fingerprint density at radius 3 is 2.48 bits per heavy atom. The Morgan fingerprint density at radius 2 is 1.86 bits per heavy atom. The highest BCUT2D eigenvalue weighted by Crippen LogP contribution is 2.26. The largest absolute Gasteiger partial charge is 0.317 e. The molecule has 6 heteroatoms. The molecule has 0 spiro atoms. The van der Waals surface area contributed by atoms with Gasteiger partial charge in [-0.05, 0) is 51.6 Å². The third-order valence-electron chi connectivity index (χ3n) is 4.36. The molecular weight excluding hydrogens is 286 g/mol. The molecule has 126 valence electrons. The summed E-state index contributed by atoms with van der Waals surface area (Å²) >= 11 is 0. The van der Waals surface area contributed by atoms with Gasteiger partial charge >= 0.3 is 0 Å². The zero-order chi connectivity index (χ0) is 15.7. The molecular formula is C15H33N3O2S.